The van der Waals surface area contributed by atoms with Crippen LogP contribution in [0.2, 0.25) is 0 Å². The quantitative estimate of drug-likeness (QED) is 0.218. The van der Waals surface area contributed by atoms with Crippen LogP contribution in [0.25, 0.3) is 0 Å². The zero-order valence-corrected chi connectivity index (χ0v) is 22.4. The summed E-state index contributed by atoms with van der Waals surface area (Å²) in [5, 5.41) is 0. The summed E-state index contributed by atoms with van der Waals surface area (Å²) < 4.78 is 29.5. The number of rotatable bonds is 9. The standard InChI is InChI=1S/C31H26N2O9/c1-38-24-17-18-33(31(37)32-24)27-26(42-30(36)22-15-9-4-10-16-22)25(41-29(35)21-13-7-3-8-14-21)23(40-27)19-39-28(34)20-11-5-2-6-12-20/h2-18,23,25-27H,19H2,1H3. The van der Waals surface area contributed by atoms with Gasteiger partial charge < -0.3 is 23.7 Å². The lowest BCUT2D eigenvalue weighted by Gasteiger charge is -2.25. The van der Waals surface area contributed by atoms with Crippen molar-refractivity contribution in [2.75, 3.05) is 13.7 Å². The van der Waals surface area contributed by atoms with Crippen LogP contribution in [0.4, 0.5) is 0 Å². The van der Waals surface area contributed by atoms with Gasteiger partial charge in [0.15, 0.2) is 18.4 Å². The molecule has 1 saturated heterocycles. The van der Waals surface area contributed by atoms with Crippen molar-refractivity contribution in [3.05, 3.63) is 130 Å². The third-order valence-corrected chi connectivity index (χ3v) is 6.47. The average Bonchev–Trinajstić information content (AvgIpc) is 3.36. The van der Waals surface area contributed by atoms with Gasteiger partial charge in [-0.3, -0.25) is 4.57 Å². The number of hydrogen-bond acceptors (Lipinski definition) is 10. The second-order valence-electron chi connectivity index (χ2n) is 9.16. The second-order valence-corrected chi connectivity index (χ2v) is 9.16. The van der Waals surface area contributed by atoms with E-state index in [1.54, 1.807) is 91.0 Å². The second kappa shape index (κ2) is 12.9. The van der Waals surface area contributed by atoms with Crippen LogP contribution in [0.1, 0.15) is 37.3 Å². The molecule has 1 aliphatic heterocycles. The van der Waals surface area contributed by atoms with Crippen LogP contribution in [-0.2, 0) is 18.9 Å². The van der Waals surface area contributed by atoms with Crippen LogP contribution in [0.3, 0.4) is 0 Å². The number of nitrogens with zero attached hydrogens (tertiary/aromatic N) is 2. The number of esters is 3. The fraction of sp³-hybridized carbons (Fsp3) is 0.194. The maximum Gasteiger partial charge on any atom is 0.353 e. The Morgan fingerprint density at radius 2 is 1.24 bits per heavy atom. The molecule has 3 aromatic carbocycles. The summed E-state index contributed by atoms with van der Waals surface area (Å²) in [4.78, 5) is 55.9. The molecular formula is C31H26N2O9. The van der Waals surface area contributed by atoms with Gasteiger partial charge in [0.1, 0.15) is 12.7 Å². The molecule has 4 aromatic rings. The number of ether oxygens (including phenoxy) is 5. The first-order chi connectivity index (χ1) is 20.4. The van der Waals surface area contributed by atoms with E-state index in [9.17, 15) is 19.2 Å². The molecule has 2 heterocycles. The lowest BCUT2D eigenvalue weighted by atomic mass is 10.1. The van der Waals surface area contributed by atoms with Crippen molar-refractivity contribution >= 4 is 17.9 Å². The summed E-state index contributed by atoms with van der Waals surface area (Å²) in [6.07, 6.45) is -3.68. The molecule has 0 aliphatic carbocycles. The molecule has 214 valence electrons. The fourth-order valence-electron chi connectivity index (χ4n) is 4.39. The zero-order valence-electron chi connectivity index (χ0n) is 22.4. The predicted molar refractivity (Wildman–Crippen MR) is 147 cm³/mol. The van der Waals surface area contributed by atoms with Crippen LogP contribution in [-0.4, -0.2) is 59.5 Å². The van der Waals surface area contributed by atoms with E-state index < -0.39 is 48.1 Å². The van der Waals surface area contributed by atoms with Crippen molar-refractivity contribution in [3.8, 4) is 5.88 Å². The van der Waals surface area contributed by atoms with Crippen LogP contribution in [0.15, 0.2) is 108 Å². The van der Waals surface area contributed by atoms with Crippen LogP contribution < -0.4 is 10.4 Å². The molecule has 42 heavy (non-hydrogen) atoms. The number of benzene rings is 3. The third-order valence-electron chi connectivity index (χ3n) is 6.47. The minimum Gasteiger partial charge on any atom is -0.481 e. The lowest BCUT2D eigenvalue weighted by Crippen LogP contribution is -2.42. The Labute approximate surface area is 240 Å². The van der Waals surface area contributed by atoms with E-state index in [0.717, 1.165) is 4.57 Å². The molecule has 1 aliphatic rings. The van der Waals surface area contributed by atoms with Crippen molar-refractivity contribution in [2.45, 2.75) is 24.5 Å². The molecule has 0 N–H and O–H groups in total. The Balaban J connectivity index is 1.50. The highest BCUT2D eigenvalue weighted by atomic mass is 16.7. The Morgan fingerprint density at radius 1 is 0.738 bits per heavy atom. The van der Waals surface area contributed by atoms with Crippen LogP contribution in [0.5, 0.6) is 5.88 Å². The van der Waals surface area contributed by atoms with Gasteiger partial charge in [-0.05, 0) is 36.4 Å². The van der Waals surface area contributed by atoms with E-state index in [-0.39, 0.29) is 23.6 Å². The zero-order chi connectivity index (χ0) is 29.5. The molecular weight excluding hydrogens is 544 g/mol. The van der Waals surface area contributed by atoms with Gasteiger partial charge in [-0.1, -0.05) is 54.6 Å². The average molecular weight is 571 g/mol. The molecule has 0 saturated carbocycles. The van der Waals surface area contributed by atoms with Gasteiger partial charge in [0.05, 0.1) is 23.8 Å². The fourth-order valence-corrected chi connectivity index (χ4v) is 4.39. The van der Waals surface area contributed by atoms with Crippen LogP contribution >= 0.6 is 0 Å². The first-order valence-electron chi connectivity index (χ1n) is 13.0. The minimum atomic E-state index is -1.33. The van der Waals surface area contributed by atoms with Gasteiger partial charge in [0.25, 0.3) is 0 Å². The van der Waals surface area contributed by atoms with E-state index in [4.69, 9.17) is 23.7 Å². The molecule has 0 radical (unpaired) electrons. The van der Waals surface area contributed by atoms with E-state index in [1.165, 1.54) is 19.4 Å². The number of hydrogen-bond donors (Lipinski definition) is 0. The first kappa shape index (κ1) is 28.2. The van der Waals surface area contributed by atoms with E-state index >= 15 is 0 Å². The Morgan fingerprint density at radius 3 is 1.74 bits per heavy atom. The van der Waals surface area contributed by atoms with Gasteiger partial charge in [0.2, 0.25) is 5.88 Å². The van der Waals surface area contributed by atoms with Gasteiger partial charge in [-0.25, -0.2) is 19.2 Å². The van der Waals surface area contributed by atoms with E-state index in [1.807, 2.05) is 0 Å². The lowest BCUT2D eigenvalue weighted by molar-refractivity contribution is -0.0640. The number of carbonyl (C=O) groups excluding carboxylic acids is 3. The first-order valence-corrected chi connectivity index (χ1v) is 13.0. The largest absolute Gasteiger partial charge is 0.481 e. The van der Waals surface area contributed by atoms with Crippen molar-refractivity contribution in [1.29, 1.82) is 0 Å². The molecule has 0 amide bonds. The number of aromatic nitrogens is 2. The predicted octanol–water partition coefficient (Wildman–Crippen LogP) is 3.46. The van der Waals surface area contributed by atoms with Crippen molar-refractivity contribution in [1.82, 2.24) is 9.55 Å². The smallest absolute Gasteiger partial charge is 0.353 e. The summed E-state index contributed by atoms with van der Waals surface area (Å²) >= 11 is 0. The summed E-state index contributed by atoms with van der Waals surface area (Å²) in [5.41, 5.74) is -0.0105. The van der Waals surface area contributed by atoms with Crippen molar-refractivity contribution in [3.63, 3.8) is 0 Å². The summed E-state index contributed by atoms with van der Waals surface area (Å²) in [6, 6.07) is 26.1. The third kappa shape index (κ3) is 6.37. The number of carbonyl (C=O) groups is 3. The minimum absolute atomic E-state index is 0.0625. The summed E-state index contributed by atoms with van der Waals surface area (Å²) in [7, 11) is 1.36. The van der Waals surface area contributed by atoms with Gasteiger partial charge in [-0.2, -0.15) is 4.98 Å². The Kier molecular flexibility index (Phi) is 8.69. The van der Waals surface area contributed by atoms with Gasteiger partial charge in [-0.15, -0.1) is 0 Å². The Bertz CT molecular complexity index is 1590. The molecule has 1 aromatic heterocycles. The normalized spacial score (nSPS) is 19.5. The molecule has 1 fully saturated rings. The van der Waals surface area contributed by atoms with Crippen molar-refractivity contribution < 1.29 is 38.1 Å². The molecule has 5 rings (SSSR count). The van der Waals surface area contributed by atoms with E-state index in [0.29, 0.717) is 5.56 Å². The molecule has 0 bridgehead atoms. The maximum absolute atomic E-state index is 13.2. The molecule has 4 unspecified atom stereocenters. The Hall–Kier alpha value is -5.29. The van der Waals surface area contributed by atoms with E-state index in [2.05, 4.69) is 4.98 Å². The van der Waals surface area contributed by atoms with Crippen LogP contribution in [0, 0.1) is 0 Å². The van der Waals surface area contributed by atoms with Gasteiger partial charge >= 0.3 is 23.6 Å². The highest BCUT2D eigenvalue weighted by molar-refractivity contribution is 5.91. The molecule has 11 heteroatoms. The molecule has 0 spiro atoms. The highest BCUT2D eigenvalue weighted by Gasteiger charge is 2.51. The molecule has 4 atom stereocenters. The molecule has 11 nitrogen and oxygen atoms in total. The number of methoxy groups -OCH3 is 1. The summed E-state index contributed by atoms with van der Waals surface area (Å²) in [5.74, 6) is -2.05. The SMILES string of the molecule is COc1ccn(C2OC(COC(=O)c3ccccc3)C(OC(=O)c3ccccc3)C2OC(=O)c2ccccc2)c(=O)n1. The highest BCUT2D eigenvalue weighted by Crippen LogP contribution is 2.35. The topological polar surface area (TPSA) is 132 Å². The monoisotopic (exact) mass is 570 g/mol. The summed E-state index contributed by atoms with van der Waals surface area (Å²) in [6.45, 7) is -0.380. The van der Waals surface area contributed by atoms with Crippen molar-refractivity contribution in [2.24, 2.45) is 0 Å². The van der Waals surface area contributed by atoms with Gasteiger partial charge in [0, 0.05) is 12.3 Å². The maximum atomic E-state index is 13.2.